The van der Waals surface area contributed by atoms with Gasteiger partial charge < -0.3 is 4.74 Å². The summed E-state index contributed by atoms with van der Waals surface area (Å²) in [5.74, 6) is 0. The van der Waals surface area contributed by atoms with Crippen molar-refractivity contribution in [3.05, 3.63) is 30.3 Å². The number of benzene rings is 1. The smallest absolute Gasteiger partial charge is 0.174 e. The number of nitrogens with zero attached hydrogens (tertiary/aromatic N) is 1. The van der Waals surface area contributed by atoms with Crippen molar-refractivity contribution < 1.29 is 4.74 Å². The third-order valence-electron chi connectivity index (χ3n) is 1.35. The third kappa shape index (κ3) is 3.19. The van der Waals surface area contributed by atoms with Crippen LogP contribution in [0.1, 0.15) is 13.3 Å². The zero-order chi connectivity index (χ0) is 8.65. The number of ether oxygens (including phenoxy) is 1. The van der Waals surface area contributed by atoms with E-state index in [0.29, 0.717) is 0 Å². The Morgan fingerprint density at radius 2 is 2.08 bits per heavy atom. The summed E-state index contributed by atoms with van der Waals surface area (Å²) in [5, 5.41) is 0. The normalized spacial score (nSPS) is 10.4. The van der Waals surface area contributed by atoms with Crippen molar-refractivity contribution in [3.63, 3.8) is 0 Å². The molecular formula is C10H13NO. The molecule has 0 aliphatic rings. The van der Waals surface area contributed by atoms with Crippen molar-refractivity contribution in [3.8, 4) is 0 Å². The molecule has 1 aromatic rings. The zero-order valence-electron chi connectivity index (χ0n) is 7.23. The fourth-order valence-electron chi connectivity index (χ4n) is 0.783. The van der Waals surface area contributed by atoms with E-state index in [1.165, 1.54) is 6.40 Å². The zero-order valence-corrected chi connectivity index (χ0v) is 7.23. The number of rotatable bonds is 4. The van der Waals surface area contributed by atoms with E-state index in [0.717, 1.165) is 18.7 Å². The van der Waals surface area contributed by atoms with Crippen LogP contribution in [0.15, 0.2) is 35.3 Å². The summed E-state index contributed by atoms with van der Waals surface area (Å²) >= 11 is 0. The average molecular weight is 163 g/mol. The molecule has 0 unspecified atom stereocenters. The molecule has 0 saturated carbocycles. The maximum absolute atomic E-state index is 5.10. The Balaban J connectivity index is 2.36. The first-order valence-electron chi connectivity index (χ1n) is 4.12. The maximum atomic E-state index is 5.10. The molecule has 0 aliphatic carbocycles. The highest BCUT2D eigenvalue weighted by Gasteiger charge is 1.82. The van der Waals surface area contributed by atoms with Gasteiger partial charge in [-0.15, -0.1) is 0 Å². The van der Waals surface area contributed by atoms with E-state index < -0.39 is 0 Å². The van der Waals surface area contributed by atoms with E-state index in [2.05, 4.69) is 11.9 Å². The highest BCUT2D eigenvalue weighted by molar-refractivity contribution is 5.55. The molecule has 0 heterocycles. The third-order valence-corrected chi connectivity index (χ3v) is 1.35. The molecule has 0 fully saturated rings. The van der Waals surface area contributed by atoms with Gasteiger partial charge in [-0.3, -0.25) is 0 Å². The first-order valence-corrected chi connectivity index (χ1v) is 4.12. The molecule has 0 aliphatic heterocycles. The molecule has 12 heavy (non-hydrogen) atoms. The van der Waals surface area contributed by atoms with E-state index >= 15 is 0 Å². The van der Waals surface area contributed by atoms with Crippen molar-refractivity contribution in [2.24, 2.45) is 4.99 Å². The quantitative estimate of drug-likeness (QED) is 0.380. The van der Waals surface area contributed by atoms with Crippen molar-refractivity contribution >= 4 is 12.1 Å². The van der Waals surface area contributed by atoms with Gasteiger partial charge in [0.2, 0.25) is 0 Å². The molecule has 0 bridgehead atoms. The number of hydrogen-bond acceptors (Lipinski definition) is 2. The summed E-state index contributed by atoms with van der Waals surface area (Å²) in [7, 11) is 0. The van der Waals surface area contributed by atoms with Crippen LogP contribution in [0, 0.1) is 0 Å². The monoisotopic (exact) mass is 163 g/mol. The average Bonchev–Trinajstić information content (AvgIpc) is 2.14. The van der Waals surface area contributed by atoms with Gasteiger partial charge in [0.15, 0.2) is 6.40 Å². The van der Waals surface area contributed by atoms with Gasteiger partial charge in [0.1, 0.15) is 0 Å². The lowest BCUT2D eigenvalue weighted by Gasteiger charge is -1.94. The van der Waals surface area contributed by atoms with Gasteiger partial charge in [0.25, 0.3) is 0 Å². The first-order chi connectivity index (χ1) is 5.93. The van der Waals surface area contributed by atoms with Crippen LogP contribution in [0.25, 0.3) is 0 Å². The van der Waals surface area contributed by atoms with E-state index in [1.54, 1.807) is 0 Å². The molecule has 0 atom stereocenters. The standard InChI is InChI=1S/C10H13NO/c1-2-8-12-9-11-10-6-4-3-5-7-10/h3-7,9H,2,8H2,1H3. The minimum Gasteiger partial charge on any atom is -0.483 e. The number of aliphatic imine (C=N–C) groups is 1. The van der Waals surface area contributed by atoms with Gasteiger partial charge in [-0.25, -0.2) is 4.99 Å². The van der Waals surface area contributed by atoms with E-state index in [-0.39, 0.29) is 0 Å². The highest BCUT2D eigenvalue weighted by Crippen LogP contribution is 2.07. The second-order valence-corrected chi connectivity index (χ2v) is 2.44. The molecule has 1 rings (SSSR count). The summed E-state index contributed by atoms with van der Waals surface area (Å²) in [5.41, 5.74) is 0.925. The summed E-state index contributed by atoms with van der Waals surface area (Å²) in [6, 6.07) is 9.74. The van der Waals surface area contributed by atoms with Crippen molar-refractivity contribution in [1.29, 1.82) is 0 Å². The second kappa shape index (κ2) is 5.35. The molecule has 2 heteroatoms. The Morgan fingerprint density at radius 1 is 1.33 bits per heavy atom. The van der Waals surface area contributed by atoms with E-state index in [1.807, 2.05) is 30.3 Å². The maximum Gasteiger partial charge on any atom is 0.174 e. The molecule has 0 N–H and O–H groups in total. The predicted molar refractivity (Wildman–Crippen MR) is 50.8 cm³/mol. The fourth-order valence-corrected chi connectivity index (χ4v) is 0.783. The Bertz CT molecular complexity index is 231. The van der Waals surface area contributed by atoms with Crippen LogP contribution in [0.2, 0.25) is 0 Å². The molecular weight excluding hydrogens is 150 g/mol. The van der Waals surface area contributed by atoms with Crippen LogP contribution in [-0.2, 0) is 4.74 Å². The van der Waals surface area contributed by atoms with Gasteiger partial charge in [-0.1, -0.05) is 25.1 Å². The van der Waals surface area contributed by atoms with Crippen LogP contribution < -0.4 is 0 Å². The van der Waals surface area contributed by atoms with Crippen molar-refractivity contribution in [2.45, 2.75) is 13.3 Å². The number of para-hydroxylation sites is 1. The van der Waals surface area contributed by atoms with Crippen LogP contribution in [-0.4, -0.2) is 13.0 Å². The Morgan fingerprint density at radius 3 is 2.75 bits per heavy atom. The molecule has 0 amide bonds. The van der Waals surface area contributed by atoms with Crippen LogP contribution in [0.3, 0.4) is 0 Å². The van der Waals surface area contributed by atoms with Crippen molar-refractivity contribution in [2.75, 3.05) is 6.61 Å². The Kier molecular flexibility index (Phi) is 3.92. The molecule has 2 nitrogen and oxygen atoms in total. The summed E-state index contributed by atoms with van der Waals surface area (Å²) in [6.45, 7) is 2.80. The minimum absolute atomic E-state index is 0.732. The topological polar surface area (TPSA) is 21.6 Å². The second-order valence-electron chi connectivity index (χ2n) is 2.44. The minimum atomic E-state index is 0.732. The van der Waals surface area contributed by atoms with E-state index in [9.17, 15) is 0 Å². The fraction of sp³-hybridized carbons (Fsp3) is 0.300. The Hall–Kier alpha value is -1.31. The van der Waals surface area contributed by atoms with Gasteiger partial charge >= 0.3 is 0 Å². The lowest BCUT2D eigenvalue weighted by Crippen LogP contribution is -1.87. The predicted octanol–water partition coefficient (Wildman–Crippen LogP) is 2.77. The SMILES string of the molecule is CCCOC=Nc1ccccc1. The Labute approximate surface area is 72.9 Å². The molecule has 64 valence electrons. The molecule has 0 spiro atoms. The lowest BCUT2D eigenvalue weighted by atomic mass is 10.3. The first kappa shape index (κ1) is 8.78. The molecule has 0 radical (unpaired) electrons. The van der Waals surface area contributed by atoms with Crippen LogP contribution >= 0.6 is 0 Å². The van der Waals surface area contributed by atoms with Gasteiger partial charge in [0, 0.05) is 0 Å². The van der Waals surface area contributed by atoms with Crippen LogP contribution in [0.4, 0.5) is 5.69 Å². The van der Waals surface area contributed by atoms with Gasteiger partial charge in [-0.05, 0) is 18.6 Å². The largest absolute Gasteiger partial charge is 0.483 e. The lowest BCUT2D eigenvalue weighted by molar-refractivity contribution is 0.320. The highest BCUT2D eigenvalue weighted by atomic mass is 16.5. The van der Waals surface area contributed by atoms with Gasteiger partial charge in [-0.2, -0.15) is 0 Å². The molecule has 1 aromatic carbocycles. The van der Waals surface area contributed by atoms with Crippen LogP contribution in [0.5, 0.6) is 0 Å². The molecule has 0 aromatic heterocycles. The molecule has 0 saturated heterocycles. The van der Waals surface area contributed by atoms with E-state index in [4.69, 9.17) is 4.74 Å². The summed E-state index contributed by atoms with van der Waals surface area (Å²) in [4.78, 5) is 4.10. The number of hydrogen-bond donors (Lipinski definition) is 0. The van der Waals surface area contributed by atoms with Gasteiger partial charge in [0.05, 0.1) is 12.3 Å². The summed E-state index contributed by atoms with van der Waals surface area (Å²) < 4.78 is 5.10. The summed E-state index contributed by atoms with van der Waals surface area (Å²) in [6.07, 6.45) is 2.51. The van der Waals surface area contributed by atoms with Crippen molar-refractivity contribution in [1.82, 2.24) is 0 Å².